The maximum Gasteiger partial charge on any atom is 0.252 e. The highest BCUT2D eigenvalue weighted by atomic mass is 32.1. The molecule has 4 rings (SSSR count). The minimum absolute atomic E-state index is 0.115. The van der Waals surface area contributed by atoms with Crippen molar-refractivity contribution in [1.82, 2.24) is 20.3 Å². The largest absolute Gasteiger partial charge is 0.368 e. The number of pyridine rings is 1. The van der Waals surface area contributed by atoms with Crippen LogP contribution in [0, 0.1) is 0 Å². The van der Waals surface area contributed by atoms with Gasteiger partial charge in [0.2, 0.25) is 0 Å². The van der Waals surface area contributed by atoms with Gasteiger partial charge in [-0.25, -0.2) is 9.97 Å². The normalized spacial score (nSPS) is 13.4. The summed E-state index contributed by atoms with van der Waals surface area (Å²) in [5.41, 5.74) is 1.98. The van der Waals surface area contributed by atoms with E-state index in [4.69, 9.17) is 0 Å². The number of anilines is 1. The molecule has 1 amide bonds. The Morgan fingerprint density at radius 2 is 2.12 bits per heavy atom. The van der Waals surface area contributed by atoms with Gasteiger partial charge in [-0.15, -0.1) is 11.3 Å². The number of thiophene rings is 1. The van der Waals surface area contributed by atoms with Crippen molar-refractivity contribution < 1.29 is 4.79 Å². The summed E-state index contributed by atoms with van der Waals surface area (Å²) in [5, 5.41) is 7.41. The molecule has 0 radical (unpaired) electrons. The van der Waals surface area contributed by atoms with E-state index in [0.717, 1.165) is 23.5 Å². The zero-order valence-corrected chi connectivity index (χ0v) is 14.6. The SMILES string of the molecule is O=C(NCCNc1ncnc2sc3c(c12)CCCC3)c1cccnc1. The van der Waals surface area contributed by atoms with Crippen molar-refractivity contribution in [2.75, 3.05) is 18.4 Å². The van der Waals surface area contributed by atoms with E-state index < -0.39 is 0 Å². The van der Waals surface area contributed by atoms with E-state index >= 15 is 0 Å². The molecular formula is C18H19N5OS. The third-order valence-corrected chi connectivity index (χ3v) is 5.58. The molecule has 3 heterocycles. The molecular weight excluding hydrogens is 334 g/mol. The van der Waals surface area contributed by atoms with E-state index in [9.17, 15) is 4.79 Å². The Bertz CT molecular complexity index is 893. The molecule has 0 saturated heterocycles. The van der Waals surface area contributed by atoms with E-state index in [0.29, 0.717) is 18.7 Å². The van der Waals surface area contributed by atoms with Crippen LogP contribution in [0.5, 0.6) is 0 Å². The minimum Gasteiger partial charge on any atom is -0.368 e. The molecule has 6 nitrogen and oxygen atoms in total. The topological polar surface area (TPSA) is 79.8 Å². The molecule has 0 atom stereocenters. The van der Waals surface area contributed by atoms with Gasteiger partial charge in [-0.3, -0.25) is 9.78 Å². The maximum atomic E-state index is 12.0. The fourth-order valence-electron chi connectivity index (χ4n) is 3.18. The van der Waals surface area contributed by atoms with Crippen molar-refractivity contribution in [3.63, 3.8) is 0 Å². The fraction of sp³-hybridized carbons (Fsp3) is 0.333. The lowest BCUT2D eigenvalue weighted by atomic mass is 9.97. The molecule has 2 N–H and O–H groups in total. The van der Waals surface area contributed by atoms with Gasteiger partial charge in [-0.1, -0.05) is 0 Å². The molecule has 0 bridgehead atoms. The van der Waals surface area contributed by atoms with Gasteiger partial charge in [0.05, 0.1) is 10.9 Å². The van der Waals surface area contributed by atoms with Gasteiger partial charge in [-0.2, -0.15) is 0 Å². The zero-order valence-electron chi connectivity index (χ0n) is 13.8. The van der Waals surface area contributed by atoms with E-state index in [2.05, 4.69) is 25.6 Å². The van der Waals surface area contributed by atoms with Crippen LogP contribution in [-0.4, -0.2) is 33.9 Å². The number of hydrogen-bond acceptors (Lipinski definition) is 6. The van der Waals surface area contributed by atoms with Crippen molar-refractivity contribution in [3.8, 4) is 0 Å². The fourth-order valence-corrected chi connectivity index (χ4v) is 4.41. The van der Waals surface area contributed by atoms with Crippen LogP contribution in [0.3, 0.4) is 0 Å². The van der Waals surface area contributed by atoms with Crippen LogP contribution >= 0.6 is 11.3 Å². The number of carbonyl (C=O) groups is 1. The zero-order chi connectivity index (χ0) is 17.1. The standard InChI is InChI=1S/C18H19N5OS/c24-17(12-4-3-7-19-10-12)21-9-8-20-16-15-13-5-1-2-6-14(13)25-18(15)23-11-22-16/h3-4,7,10-11H,1-2,5-6,8-9H2,(H,21,24)(H,20,22,23). The van der Waals surface area contributed by atoms with Gasteiger partial charge >= 0.3 is 0 Å². The summed E-state index contributed by atoms with van der Waals surface area (Å²) < 4.78 is 0. The summed E-state index contributed by atoms with van der Waals surface area (Å²) in [6.45, 7) is 1.13. The molecule has 1 aliphatic carbocycles. The van der Waals surface area contributed by atoms with Crippen LogP contribution in [-0.2, 0) is 12.8 Å². The summed E-state index contributed by atoms with van der Waals surface area (Å²) in [5.74, 6) is 0.760. The number of fused-ring (bicyclic) bond motifs is 3. The molecule has 0 fully saturated rings. The lowest BCUT2D eigenvalue weighted by molar-refractivity contribution is 0.0955. The lowest BCUT2D eigenvalue weighted by Gasteiger charge is -2.12. The highest BCUT2D eigenvalue weighted by Crippen LogP contribution is 2.37. The van der Waals surface area contributed by atoms with Crippen LogP contribution in [0.25, 0.3) is 10.2 Å². The Labute approximate surface area is 149 Å². The maximum absolute atomic E-state index is 12.0. The summed E-state index contributed by atoms with van der Waals surface area (Å²) in [7, 11) is 0. The summed E-state index contributed by atoms with van der Waals surface area (Å²) in [6, 6.07) is 3.51. The number of hydrogen-bond donors (Lipinski definition) is 2. The van der Waals surface area contributed by atoms with E-state index in [1.165, 1.54) is 28.7 Å². The number of nitrogens with zero attached hydrogens (tertiary/aromatic N) is 3. The Balaban J connectivity index is 1.41. The average molecular weight is 353 g/mol. The van der Waals surface area contributed by atoms with Crippen molar-refractivity contribution in [2.24, 2.45) is 0 Å². The third-order valence-electron chi connectivity index (χ3n) is 4.38. The molecule has 7 heteroatoms. The number of rotatable bonds is 5. The van der Waals surface area contributed by atoms with Gasteiger partial charge < -0.3 is 10.6 Å². The first kappa shape index (κ1) is 16.0. The van der Waals surface area contributed by atoms with Crippen LogP contribution in [0.15, 0.2) is 30.9 Å². The number of carbonyl (C=O) groups excluding carboxylic acids is 1. The molecule has 128 valence electrons. The van der Waals surface area contributed by atoms with Crippen molar-refractivity contribution >= 4 is 33.3 Å². The Morgan fingerprint density at radius 1 is 1.20 bits per heavy atom. The number of aromatic nitrogens is 3. The van der Waals surface area contributed by atoms with Gasteiger partial charge in [0.1, 0.15) is 17.0 Å². The predicted octanol–water partition coefficient (Wildman–Crippen LogP) is 2.81. The van der Waals surface area contributed by atoms with Crippen LogP contribution in [0.1, 0.15) is 33.6 Å². The highest BCUT2D eigenvalue weighted by molar-refractivity contribution is 7.19. The van der Waals surface area contributed by atoms with Crippen LogP contribution in [0.4, 0.5) is 5.82 Å². The second-order valence-electron chi connectivity index (χ2n) is 6.04. The molecule has 0 saturated carbocycles. The monoisotopic (exact) mass is 353 g/mol. The number of aryl methyl sites for hydroxylation is 2. The number of nitrogens with one attached hydrogen (secondary N) is 2. The van der Waals surface area contributed by atoms with Gasteiger partial charge in [0.15, 0.2) is 0 Å². The lowest BCUT2D eigenvalue weighted by Crippen LogP contribution is -2.29. The molecule has 0 aromatic carbocycles. The van der Waals surface area contributed by atoms with Crippen LogP contribution in [0.2, 0.25) is 0 Å². The Morgan fingerprint density at radius 3 is 3.00 bits per heavy atom. The quantitative estimate of drug-likeness (QED) is 0.690. The average Bonchev–Trinajstić information content (AvgIpc) is 3.05. The number of amides is 1. The van der Waals surface area contributed by atoms with Crippen LogP contribution < -0.4 is 10.6 Å². The molecule has 3 aromatic rings. The smallest absolute Gasteiger partial charge is 0.252 e. The van der Waals surface area contributed by atoms with E-state index in [1.807, 2.05) is 0 Å². The molecule has 1 aliphatic rings. The Kier molecular flexibility index (Phi) is 4.56. The molecule has 0 spiro atoms. The second-order valence-corrected chi connectivity index (χ2v) is 7.12. The van der Waals surface area contributed by atoms with Crippen molar-refractivity contribution in [3.05, 3.63) is 46.9 Å². The summed E-state index contributed by atoms with van der Waals surface area (Å²) in [6.07, 6.45) is 9.58. The van der Waals surface area contributed by atoms with Gasteiger partial charge in [0.25, 0.3) is 5.91 Å². The van der Waals surface area contributed by atoms with Gasteiger partial charge in [-0.05, 0) is 43.4 Å². The van der Waals surface area contributed by atoms with E-state index in [1.54, 1.807) is 42.2 Å². The highest BCUT2D eigenvalue weighted by Gasteiger charge is 2.19. The molecule has 0 aliphatic heterocycles. The first-order chi connectivity index (χ1) is 12.3. The summed E-state index contributed by atoms with van der Waals surface area (Å²) >= 11 is 1.79. The third kappa shape index (κ3) is 3.32. The second kappa shape index (κ2) is 7.14. The Hall–Kier alpha value is -2.54. The van der Waals surface area contributed by atoms with Crippen molar-refractivity contribution in [2.45, 2.75) is 25.7 Å². The predicted molar refractivity (Wildman–Crippen MR) is 99.1 cm³/mol. The minimum atomic E-state index is -0.115. The summed E-state index contributed by atoms with van der Waals surface area (Å²) in [4.78, 5) is 27.3. The molecule has 3 aromatic heterocycles. The van der Waals surface area contributed by atoms with Gasteiger partial charge in [0, 0.05) is 30.4 Å². The first-order valence-corrected chi connectivity index (χ1v) is 9.32. The van der Waals surface area contributed by atoms with Crippen molar-refractivity contribution in [1.29, 1.82) is 0 Å². The molecule has 0 unspecified atom stereocenters. The molecule has 25 heavy (non-hydrogen) atoms. The van der Waals surface area contributed by atoms with E-state index in [-0.39, 0.29) is 5.91 Å². The first-order valence-electron chi connectivity index (χ1n) is 8.50.